The van der Waals surface area contributed by atoms with Gasteiger partial charge in [-0.25, -0.2) is 8.42 Å². The van der Waals surface area contributed by atoms with Gasteiger partial charge in [-0.15, -0.1) is 0 Å². The Labute approximate surface area is 154 Å². The van der Waals surface area contributed by atoms with Gasteiger partial charge in [0.2, 0.25) is 10.0 Å². The van der Waals surface area contributed by atoms with Crippen LogP contribution in [0.5, 0.6) is 0 Å². The number of sulfonamides is 1. The number of piperidine rings is 1. The van der Waals surface area contributed by atoms with Crippen molar-refractivity contribution in [3.8, 4) is 6.07 Å². The summed E-state index contributed by atoms with van der Waals surface area (Å²) in [6.07, 6.45) is 2.01. The number of benzene rings is 1. The van der Waals surface area contributed by atoms with Crippen LogP contribution >= 0.6 is 0 Å². The first-order chi connectivity index (χ1) is 12.5. The van der Waals surface area contributed by atoms with Crippen LogP contribution in [0.25, 0.3) is 0 Å². The molecule has 1 amide bonds. The number of hydrogen-bond donors (Lipinski definition) is 1. The lowest BCUT2D eigenvalue weighted by Crippen LogP contribution is -2.38. The maximum absolute atomic E-state index is 12.8. The molecule has 0 aromatic heterocycles. The highest BCUT2D eigenvalue weighted by Crippen LogP contribution is 2.24. The smallest absolute Gasteiger partial charge is 0.251 e. The standard InChI is InChI=1S/C18H23N3O4S/c19-11-14-4-7-21(8-5-14)26(23,24)17-3-1-2-16(10-17)18(22)20-12-15-6-9-25-13-15/h1-3,10,14-15H,4-9,12-13H2,(H,20,22). The van der Waals surface area contributed by atoms with E-state index in [1.165, 1.54) is 16.4 Å². The van der Waals surface area contributed by atoms with Crippen LogP contribution in [-0.4, -0.2) is 51.5 Å². The molecular formula is C18H23N3O4S. The summed E-state index contributed by atoms with van der Waals surface area (Å²) >= 11 is 0. The zero-order valence-corrected chi connectivity index (χ0v) is 15.4. The lowest BCUT2D eigenvalue weighted by atomic mass is 10.0. The predicted molar refractivity (Wildman–Crippen MR) is 94.8 cm³/mol. The van der Waals surface area contributed by atoms with E-state index < -0.39 is 10.0 Å². The number of nitrogens with zero attached hydrogens (tertiary/aromatic N) is 2. The molecule has 0 saturated carbocycles. The van der Waals surface area contributed by atoms with Crippen LogP contribution in [-0.2, 0) is 14.8 Å². The van der Waals surface area contributed by atoms with Crippen LogP contribution < -0.4 is 5.32 Å². The lowest BCUT2D eigenvalue weighted by molar-refractivity contribution is 0.0944. The summed E-state index contributed by atoms with van der Waals surface area (Å²) in [6.45, 7) is 2.55. The van der Waals surface area contributed by atoms with Crippen LogP contribution in [0.15, 0.2) is 29.2 Å². The molecule has 0 aliphatic carbocycles. The molecule has 26 heavy (non-hydrogen) atoms. The lowest BCUT2D eigenvalue weighted by Gasteiger charge is -2.28. The normalized spacial score (nSPS) is 22.0. The van der Waals surface area contributed by atoms with Gasteiger partial charge in [0, 0.05) is 43.6 Å². The second kappa shape index (κ2) is 8.16. The Morgan fingerprint density at radius 3 is 2.73 bits per heavy atom. The van der Waals surface area contributed by atoms with Crippen LogP contribution in [0, 0.1) is 23.2 Å². The second-order valence-corrected chi connectivity index (χ2v) is 8.71. The molecule has 1 N–H and O–H groups in total. The topological polar surface area (TPSA) is 99.5 Å². The van der Waals surface area contributed by atoms with Crippen molar-refractivity contribution in [1.82, 2.24) is 9.62 Å². The van der Waals surface area contributed by atoms with E-state index in [9.17, 15) is 13.2 Å². The van der Waals surface area contributed by atoms with Gasteiger partial charge in [-0.1, -0.05) is 6.07 Å². The maximum atomic E-state index is 12.8. The third-order valence-corrected chi connectivity index (χ3v) is 6.84. The van der Waals surface area contributed by atoms with Crippen LogP contribution in [0.2, 0.25) is 0 Å². The van der Waals surface area contributed by atoms with Gasteiger partial charge >= 0.3 is 0 Å². The van der Waals surface area contributed by atoms with E-state index in [1.54, 1.807) is 12.1 Å². The van der Waals surface area contributed by atoms with Crippen molar-refractivity contribution in [2.45, 2.75) is 24.2 Å². The number of hydrogen-bond acceptors (Lipinski definition) is 5. The van der Waals surface area contributed by atoms with Crippen molar-refractivity contribution in [3.05, 3.63) is 29.8 Å². The predicted octanol–water partition coefficient (Wildman–Crippen LogP) is 1.38. The Kier molecular flexibility index (Phi) is 5.91. The largest absolute Gasteiger partial charge is 0.381 e. The first-order valence-corrected chi connectivity index (χ1v) is 10.3. The molecule has 140 valence electrons. The number of nitrogens with one attached hydrogen (secondary N) is 1. The molecule has 1 atom stereocenters. The van der Waals surface area contributed by atoms with Gasteiger partial charge in [-0.3, -0.25) is 4.79 Å². The SMILES string of the molecule is N#CC1CCN(S(=O)(=O)c2cccc(C(=O)NCC3CCOC3)c2)CC1. The molecule has 0 bridgehead atoms. The van der Waals surface area contributed by atoms with Crippen molar-refractivity contribution >= 4 is 15.9 Å². The summed E-state index contributed by atoms with van der Waals surface area (Å²) in [4.78, 5) is 12.5. The molecule has 2 aliphatic heterocycles. The van der Waals surface area contributed by atoms with Crippen LogP contribution in [0.4, 0.5) is 0 Å². The van der Waals surface area contributed by atoms with Gasteiger partial charge in [0.1, 0.15) is 0 Å². The molecule has 1 aromatic rings. The van der Waals surface area contributed by atoms with Crippen molar-refractivity contribution in [1.29, 1.82) is 5.26 Å². The maximum Gasteiger partial charge on any atom is 0.251 e. The summed E-state index contributed by atoms with van der Waals surface area (Å²) in [5, 5.41) is 11.8. The van der Waals surface area contributed by atoms with Crippen LogP contribution in [0.1, 0.15) is 29.6 Å². The monoisotopic (exact) mass is 377 g/mol. The number of ether oxygens (including phenoxy) is 1. The van der Waals surface area contributed by atoms with E-state index in [0.717, 1.165) is 13.0 Å². The Bertz CT molecular complexity index is 789. The third kappa shape index (κ3) is 4.23. The number of amides is 1. The summed E-state index contributed by atoms with van der Waals surface area (Å²) in [7, 11) is -3.66. The van der Waals surface area contributed by atoms with Gasteiger partial charge in [0.15, 0.2) is 0 Å². The number of carbonyl (C=O) groups excluding carboxylic acids is 1. The molecule has 3 rings (SSSR count). The van der Waals surface area contributed by atoms with E-state index in [4.69, 9.17) is 10.00 Å². The molecule has 7 nitrogen and oxygen atoms in total. The highest BCUT2D eigenvalue weighted by atomic mass is 32.2. The first kappa shape index (κ1) is 18.8. The number of carbonyl (C=O) groups is 1. The molecule has 2 heterocycles. The van der Waals surface area contributed by atoms with Crippen molar-refractivity contribution in [3.63, 3.8) is 0 Å². The van der Waals surface area contributed by atoms with Gasteiger partial charge in [-0.2, -0.15) is 9.57 Å². The summed E-state index contributed by atoms with van der Waals surface area (Å²) in [5.41, 5.74) is 0.330. The van der Waals surface area contributed by atoms with E-state index in [2.05, 4.69) is 11.4 Å². The fourth-order valence-corrected chi connectivity index (χ4v) is 4.77. The van der Waals surface area contributed by atoms with Gasteiger partial charge in [-0.05, 0) is 37.5 Å². The highest BCUT2D eigenvalue weighted by molar-refractivity contribution is 7.89. The van der Waals surface area contributed by atoms with Gasteiger partial charge < -0.3 is 10.1 Å². The third-order valence-electron chi connectivity index (χ3n) is 4.95. The van der Waals surface area contributed by atoms with Crippen molar-refractivity contribution in [2.75, 3.05) is 32.8 Å². The minimum Gasteiger partial charge on any atom is -0.381 e. The Morgan fingerprint density at radius 1 is 1.31 bits per heavy atom. The molecule has 2 fully saturated rings. The van der Waals surface area contributed by atoms with E-state index in [-0.39, 0.29) is 16.7 Å². The summed E-state index contributed by atoms with van der Waals surface area (Å²) < 4.78 is 32.3. The molecule has 1 unspecified atom stereocenters. The van der Waals surface area contributed by atoms with Crippen LogP contribution in [0.3, 0.4) is 0 Å². The molecule has 8 heteroatoms. The average molecular weight is 377 g/mol. The number of rotatable bonds is 5. The Balaban J connectivity index is 1.67. The Morgan fingerprint density at radius 2 is 2.08 bits per heavy atom. The fraction of sp³-hybridized carbons (Fsp3) is 0.556. The molecular weight excluding hydrogens is 354 g/mol. The first-order valence-electron chi connectivity index (χ1n) is 8.86. The average Bonchev–Trinajstić information content (AvgIpc) is 3.20. The molecule has 0 radical (unpaired) electrons. The van der Waals surface area contributed by atoms with E-state index in [0.29, 0.717) is 50.6 Å². The zero-order valence-electron chi connectivity index (χ0n) is 14.6. The fourth-order valence-electron chi connectivity index (χ4n) is 3.26. The summed E-state index contributed by atoms with van der Waals surface area (Å²) in [6, 6.07) is 8.32. The second-order valence-electron chi connectivity index (χ2n) is 6.77. The summed E-state index contributed by atoms with van der Waals surface area (Å²) in [5.74, 6) is -0.0532. The van der Waals surface area contributed by atoms with Crippen molar-refractivity contribution < 1.29 is 17.9 Å². The van der Waals surface area contributed by atoms with Crippen molar-refractivity contribution in [2.24, 2.45) is 11.8 Å². The van der Waals surface area contributed by atoms with Gasteiger partial charge in [0.25, 0.3) is 5.91 Å². The molecule has 2 aliphatic rings. The minimum absolute atomic E-state index is 0.0851. The highest BCUT2D eigenvalue weighted by Gasteiger charge is 2.29. The Hall–Kier alpha value is -1.95. The molecule has 1 aromatic carbocycles. The van der Waals surface area contributed by atoms with Gasteiger partial charge in [0.05, 0.1) is 17.6 Å². The number of nitriles is 1. The molecule has 2 saturated heterocycles. The molecule has 0 spiro atoms. The van der Waals surface area contributed by atoms with E-state index >= 15 is 0 Å². The minimum atomic E-state index is -3.66. The quantitative estimate of drug-likeness (QED) is 0.836. The zero-order chi connectivity index (χ0) is 18.6. The van der Waals surface area contributed by atoms with E-state index in [1.807, 2.05) is 0 Å².